The largest absolute Gasteiger partial charge is 0.352 e. The SMILES string of the molecule is CSCCC(=O)N1CCNC(=O)C1(C)C. The first-order valence-electron chi connectivity index (χ1n) is 5.08. The first-order chi connectivity index (χ1) is 7.00. The number of nitrogens with zero attached hydrogens (tertiary/aromatic N) is 1. The highest BCUT2D eigenvalue weighted by Gasteiger charge is 2.39. The molecule has 86 valence electrons. The van der Waals surface area contributed by atoms with Gasteiger partial charge in [0, 0.05) is 25.3 Å². The molecule has 5 heteroatoms. The number of rotatable bonds is 3. The van der Waals surface area contributed by atoms with Crippen LogP contribution in [-0.4, -0.2) is 47.4 Å². The van der Waals surface area contributed by atoms with Crippen LogP contribution in [0, 0.1) is 0 Å². The average Bonchev–Trinajstić information content (AvgIpc) is 2.18. The molecule has 0 aliphatic carbocycles. The molecule has 0 aromatic rings. The molecule has 1 N–H and O–H groups in total. The van der Waals surface area contributed by atoms with Crippen LogP contribution in [0.3, 0.4) is 0 Å². The van der Waals surface area contributed by atoms with Crippen LogP contribution in [0.5, 0.6) is 0 Å². The van der Waals surface area contributed by atoms with Gasteiger partial charge < -0.3 is 10.2 Å². The summed E-state index contributed by atoms with van der Waals surface area (Å²) in [5.74, 6) is 0.822. The Morgan fingerprint density at radius 2 is 2.27 bits per heavy atom. The van der Waals surface area contributed by atoms with Crippen molar-refractivity contribution in [1.82, 2.24) is 10.2 Å². The van der Waals surface area contributed by atoms with Crippen molar-refractivity contribution in [2.75, 3.05) is 25.1 Å². The van der Waals surface area contributed by atoms with Gasteiger partial charge in [-0.2, -0.15) is 11.8 Å². The zero-order valence-corrected chi connectivity index (χ0v) is 10.3. The van der Waals surface area contributed by atoms with Crippen molar-refractivity contribution >= 4 is 23.6 Å². The molecule has 1 rings (SSSR count). The summed E-state index contributed by atoms with van der Waals surface area (Å²) < 4.78 is 0. The topological polar surface area (TPSA) is 49.4 Å². The summed E-state index contributed by atoms with van der Waals surface area (Å²) in [6.07, 6.45) is 2.49. The number of amides is 2. The highest BCUT2D eigenvalue weighted by molar-refractivity contribution is 7.98. The third-order valence-corrected chi connectivity index (χ3v) is 3.28. The van der Waals surface area contributed by atoms with Gasteiger partial charge in [-0.1, -0.05) is 0 Å². The van der Waals surface area contributed by atoms with E-state index in [4.69, 9.17) is 0 Å². The number of carbonyl (C=O) groups excluding carboxylic acids is 2. The van der Waals surface area contributed by atoms with Crippen molar-refractivity contribution in [2.24, 2.45) is 0 Å². The van der Waals surface area contributed by atoms with Crippen LogP contribution >= 0.6 is 11.8 Å². The maximum Gasteiger partial charge on any atom is 0.245 e. The zero-order chi connectivity index (χ0) is 11.5. The maximum absolute atomic E-state index is 11.9. The summed E-state index contributed by atoms with van der Waals surface area (Å²) in [5, 5.41) is 2.78. The lowest BCUT2D eigenvalue weighted by atomic mass is 9.98. The van der Waals surface area contributed by atoms with E-state index in [-0.39, 0.29) is 11.8 Å². The quantitative estimate of drug-likeness (QED) is 0.767. The van der Waals surface area contributed by atoms with Crippen molar-refractivity contribution in [2.45, 2.75) is 25.8 Å². The number of thioether (sulfide) groups is 1. The number of hydrogen-bond donors (Lipinski definition) is 1. The van der Waals surface area contributed by atoms with Gasteiger partial charge in [-0.3, -0.25) is 9.59 Å². The van der Waals surface area contributed by atoms with E-state index in [1.807, 2.05) is 6.26 Å². The Labute approximate surface area is 94.8 Å². The fourth-order valence-corrected chi connectivity index (χ4v) is 2.04. The fraction of sp³-hybridized carbons (Fsp3) is 0.800. The summed E-state index contributed by atoms with van der Waals surface area (Å²) in [5.41, 5.74) is -0.701. The molecule has 0 aromatic carbocycles. The van der Waals surface area contributed by atoms with Crippen LogP contribution in [0.2, 0.25) is 0 Å². The summed E-state index contributed by atoms with van der Waals surface area (Å²) in [4.78, 5) is 25.1. The van der Waals surface area contributed by atoms with Gasteiger partial charge in [0.1, 0.15) is 5.54 Å². The molecule has 0 radical (unpaired) electrons. The zero-order valence-electron chi connectivity index (χ0n) is 9.50. The van der Waals surface area contributed by atoms with E-state index in [0.717, 1.165) is 5.75 Å². The minimum absolute atomic E-state index is 0.0637. The van der Waals surface area contributed by atoms with Crippen LogP contribution in [0.15, 0.2) is 0 Å². The Morgan fingerprint density at radius 3 is 2.87 bits per heavy atom. The average molecular weight is 230 g/mol. The van der Waals surface area contributed by atoms with Gasteiger partial charge in [0.2, 0.25) is 11.8 Å². The monoisotopic (exact) mass is 230 g/mol. The molecule has 1 aliphatic rings. The molecular weight excluding hydrogens is 212 g/mol. The molecule has 1 aliphatic heterocycles. The summed E-state index contributed by atoms with van der Waals surface area (Å²) in [6.45, 7) is 4.76. The Balaban J connectivity index is 2.66. The first-order valence-corrected chi connectivity index (χ1v) is 6.47. The minimum Gasteiger partial charge on any atom is -0.352 e. The Kier molecular flexibility index (Phi) is 4.02. The Hall–Kier alpha value is -0.710. The second kappa shape index (κ2) is 4.88. The van der Waals surface area contributed by atoms with E-state index < -0.39 is 5.54 Å². The van der Waals surface area contributed by atoms with Crippen molar-refractivity contribution in [1.29, 1.82) is 0 Å². The molecule has 0 unspecified atom stereocenters. The van der Waals surface area contributed by atoms with Crippen LogP contribution in [0.25, 0.3) is 0 Å². The van der Waals surface area contributed by atoms with Gasteiger partial charge in [0.25, 0.3) is 0 Å². The molecule has 1 fully saturated rings. The molecule has 4 nitrogen and oxygen atoms in total. The number of piperazine rings is 1. The van der Waals surface area contributed by atoms with Crippen molar-refractivity contribution in [3.63, 3.8) is 0 Å². The molecule has 0 bridgehead atoms. The molecular formula is C10H18N2O2S. The van der Waals surface area contributed by atoms with E-state index in [9.17, 15) is 9.59 Å². The Bertz CT molecular complexity index is 266. The second-order valence-electron chi connectivity index (χ2n) is 4.10. The standard InChI is InChI=1S/C10H18N2O2S/c1-10(2)9(14)11-5-6-12(10)8(13)4-7-15-3/h4-7H2,1-3H3,(H,11,14). The van der Waals surface area contributed by atoms with Crippen molar-refractivity contribution in [3.05, 3.63) is 0 Å². The summed E-state index contributed by atoms with van der Waals surface area (Å²) in [7, 11) is 0. The predicted octanol–water partition coefficient (Wildman–Crippen LogP) is 0.476. The number of hydrogen-bond acceptors (Lipinski definition) is 3. The minimum atomic E-state index is -0.701. The van der Waals surface area contributed by atoms with E-state index >= 15 is 0 Å². The first kappa shape index (κ1) is 12.4. The van der Waals surface area contributed by atoms with Gasteiger partial charge in [0.15, 0.2) is 0 Å². The van der Waals surface area contributed by atoms with Gasteiger partial charge in [0.05, 0.1) is 0 Å². The highest BCUT2D eigenvalue weighted by atomic mass is 32.2. The third-order valence-electron chi connectivity index (χ3n) is 2.67. The van der Waals surface area contributed by atoms with Crippen LogP contribution in [-0.2, 0) is 9.59 Å². The molecule has 1 saturated heterocycles. The molecule has 0 spiro atoms. The second-order valence-corrected chi connectivity index (χ2v) is 5.09. The lowest BCUT2D eigenvalue weighted by Crippen LogP contribution is -2.63. The number of nitrogens with one attached hydrogen (secondary N) is 1. The molecule has 15 heavy (non-hydrogen) atoms. The molecule has 0 aromatic heterocycles. The molecule has 0 saturated carbocycles. The van der Waals surface area contributed by atoms with Crippen molar-refractivity contribution < 1.29 is 9.59 Å². The maximum atomic E-state index is 11.9. The van der Waals surface area contributed by atoms with Gasteiger partial charge in [-0.15, -0.1) is 0 Å². The lowest BCUT2D eigenvalue weighted by molar-refractivity contribution is -0.148. The third kappa shape index (κ3) is 2.65. The van der Waals surface area contributed by atoms with Crippen molar-refractivity contribution in [3.8, 4) is 0 Å². The number of carbonyl (C=O) groups is 2. The lowest BCUT2D eigenvalue weighted by Gasteiger charge is -2.41. The van der Waals surface area contributed by atoms with E-state index in [1.54, 1.807) is 30.5 Å². The normalized spacial score (nSPS) is 19.9. The van der Waals surface area contributed by atoms with Gasteiger partial charge in [-0.25, -0.2) is 0 Å². The summed E-state index contributed by atoms with van der Waals surface area (Å²) in [6, 6.07) is 0. The molecule has 0 atom stereocenters. The summed E-state index contributed by atoms with van der Waals surface area (Å²) >= 11 is 1.65. The van der Waals surface area contributed by atoms with Crippen LogP contribution in [0.4, 0.5) is 0 Å². The fourth-order valence-electron chi connectivity index (χ4n) is 1.66. The highest BCUT2D eigenvalue weighted by Crippen LogP contribution is 2.19. The van der Waals surface area contributed by atoms with E-state index in [1.165, 1.54) is 0 Å². The van der Waals surface area contributed by atoms with Gasteiger partial charge in [-0.05, 0) is 20.1 Å². The smallest absolute Gasteiger partial charge is 0.245 e. The van der Waals surface area contributed by atoms with Crippen LogP contribution < -0.4 is 5.32 Å². The van der Waals surface area contributed by atoms with Crippen LogP contribution in [0.1, 0.15) is 20.3 Å². The molecule has 1 heterocycles. The van der Waals surface area contributed by atoms with E-state index in [2.05, 4.69) is 5.32 Å². The predicted molar refractivity (Wildman–Crippen MR) is 61.8 cm³/mol. The van der Waals surface area contributed by atoms with Gasteiger partial charge >= 0.3 is 0 Å². The Morgan fingerprint density at radius 1 is 1.60 bits per heavy atom. The molecule has 2 amide bonds. The van der Waals surface area contributed by atoms with E-state index in [0.29, 0.717) is 19.5 Å².